The molecule has 0 spiro atoms. The fraction of sp³-hybridized carbons (Fsp3) is 0.0833. The van der Waals surface area contributed by atoms with Gasteiger partial charge < -0.3 is 9.15 Å². The summed E-state index contributed by atoms with van der Waals surface area (Å²) in [5, 5.41) is 2.57. The number of hydrogen-bond donors (Lipinski definition) is 1. The Bertz CT molecular complexity index is 437. The molecule has 0 unspecified atom stereocenters. The second-order valence-electron chi connectivity index (χ2n) is 3.07. The summed E-state index contributed by atoms with van der Waals surface area (Å²) in [7, 11) is 0. The molecule has 4 nitrogen and oxygen atoms in total. The highest BCUT2D eigenvalue weighted by atomic mass is 16.6. The molecule has 1 heterocycles. The van der Waals surface area contributed by atoms with Gasteiger partial charge in [0.1, 0.15) is 5.76 Å². The van der Waals surface area contributed by atoms with Crippen LogP contribution in [0.15, 0.2) is 47.1 Å². The maximum absolute atomic E-state index is 11.3. The van der Waals surface area contributed by atoms with Gasteiger partial charge in [0, 0.05) is 5.69 Å². The Hall–Kier alpha value is -2.23. The van der Waals surface area contributed by atoms with Crippen molar-refractivity contribution in [2.75, 3.05) is 5.32 Å². The first-order chi connectivity index (χ1) is 7.84. The maximum Gasteiger partial charge on any atom is 0.412 e. The zero-order valence-electron chi connectivity index (χ0n) is 8.47. The Morgan fingerprint density at radius 3 is 3.06 bits per heavy atom. The van der Waals surface area contributed by atoms with Gasteiger partial charge in [-0.1, -0.05) is 12.1 Å². The number of benzene rings is 1. The largest absolute Gasteiger partial charge is 0.466 e. The van der Waals surface area contributed by atoms with Gasteiger partial charge in [0.2, 0.25) is 0 Å². The lowest BCUT2D eigenvalue weighted by Crippen LogP contribution is -2.13. The average Bonchev–Trinajstić information content (AvgIpc) is 2.81. The second-order valence-corrected chi connectivity index (χ2v) is 3.07. The van der Waals surface area contributed by atoms with Crippen molar-refractivity contribution in [1.29, 1.82) is 0 Å². The number of carbonyl (C=O) groups excluding carboxylic acids is 1. The maximum atomic E-state index is 11.3. The molecule has 1 radical (unpaired) electrons. The molecule has 0 saturated heterocycles. The standard InChI is InChI=1S/C12H10NO3/c14-12(13-10-5-2-1-3-6-10)16-9-11-7-4-8-15-11/h1-2,4-8H,9H2,(H,13,14). The number of ether oxygens (including phenoxy) is 1. The van der Waals surface area contributed by atoms with Gasteiger partial charge in [-0.25, -0.2) is 4.79 Å². The Balaban J connectivity index is 1.81. The number of hydrogen-bond acceptors (Lipinski definition) is 3. The SMILES string of the molecule is O=C(Nc1c[c]ccc1)OCc1ccco1. The Labute approximate surface area is 92.8 Å². The van der Waals surface area contributed by atoms with E-state index in [2.05, 4.69) is 11.4 Å². The van der Waals surface area contributed by atoms with Crippen LogP contribution < -0.4 is 5.32 Å². The topological polar surface area (TPSA) is 51.5 Å². The van der Waals surface area contributed by atoms with E-state index in [1.54, 1.807) is 36.4 Å². The van der Waals surface area contributed by atoms with Crippen LogP contribution in [0.1, 0.15) is 5.76 Å². The Kier molecular flexibility index (Phi) is 3.23. The third-order valence-electron chi connectivity index (χ3n) is 1.88. The summed E-state index contributed by atoms with van der Waals surface area (Å²) in [4.78, 5) is 11.3. The predicted molar refractivity (Wildman–Crippen MR) is 57.8 cm³/mol. The van der Waals surface area contributed by atoms with Gasteiger partial charge in [-0.2, -0.15) is 0 Å². The second kappa shape index (κ2) is 5.02. The van der Waals surface area contributed by atoms with Gasteiger partial charge in [0.05, 0.1) is 6.26 Å². The first-order valence-corrected chi connectivity index (χ1v) is 4.77. The molecule has 81 valence electrons. The summed E-state index contributed by atoms with van der Waals surface area (Å²) >= 11 is 0. The van der Waals surface area contributed by atoms with E-state index >= 15 is 0 Å². The van der Waals surface area contributed by atoms with E-state index in [4.69, 9.17) is 9.15 Å². The molecule has 1 amide bonds. The molecule has 16 heavy (non-hydrogen) atoms. The number of amides is 1. The van der Waals surface area contributed by atoms with Gasteiger partial charge >= 0.3 is 6.09 Å². The van der Waals surface area contributed by atoms with Crippen LogP contribution >= 0.6 is 0 Å². The van der Waals surface area contributed by atoms with Gasteiger partial charge in [-0.15, -0.1) is 0 Å². The smallest absolute Gasteiger partial charge is 0.412 e. The van der Waals surface area contributed by atoms with Crippen LogP contribution in [0.25, 0.3) is 0 Å². The van der Waals surface area contributed by atoms with Gasteiger partial charge in [-0.05, 0) is 30.3 Å². The zero-order chi connectivity index (χ0) is 11.2. The minimum absolute atomic E-state index is 0.120. The van der Waals surface area contributed by atoms with Crippen LogP contribution in [-0.2, 0) is 11.3 Å². The minimum atomic E-state index is -0.518. The Morgan fingerprint density at radius 1 is 1.44 bits per heavy atom. The summed E-state index contributed by atoms with van der Waals surface area (Å²) in [5.41, 5.74) is 0.645. The summed E-state index contributed by atoms with van der Waals surface area (Å²) in [6.45, 7) is 0.120. The fourth-order valence-corrected chi connectivity index (χ4v) is 1.16. The first kappa shape index (κ1) is 10.3. The lowest BCUT2D eigenvalue weighted by Gasteiger charge is -2.04. The predicted octanol–water partition coefficient (Wildman–Crippen LogP) is 2.83. The molecule has 0 atom stereocenters. The van der Waals surface area contributed by atoms with Crippen molar-refractivity contribution in [3.05, 3.63) is 54.5 Å². The highest BCUT2D eigenvalue weighted by molar-refractivity contribution is 5.84. The van der Waals surface area contributed by atoms with E-state index in [9.17, 15) is 4.79 Å². The molecule has 0 aliphatic rings. The molecule has 1 N–H and O–H groups in total. The van der Waals surface area contributed by atoms with Crippen LogP contribution in [0.2, 0.25) is 0 Å². The summed E-state index contributed by atoms with van der Waals surface area (Å²) < 4.78 is 9.96. The molecule has 0 saturated carbocycles. The lowest BCUT2D eigenvalue weighted by atomic mass is 10.3. The van der Waals surface area contributed by atoms with Gasteiger partial charge in [-0.3, -0.25) is 5.32 Å². The molecule has 2 aromatic rings. The van der Waals surface area contributed by atoms with Crippen molar-refractivity contribution >= 4 is 11.8 Å². The molecule has 0 aliphatic heterocycles. The van der Waals surface area contributed by atoms with E-state index in [-0.39, 0.29) is 6.61 Å². The highest BCUT2D eigenvalue weighted by Crippen LogP contribution is 2.06. The molecule has 4 heteroatoms. The molecule has 0 bridgehead atoms. The number of nitrogens with one attached hydrogen (secondary N) is 1. The van der Waals surface area contributed by atoms with E-state index in [1.807, 2.05) is 0 Å². The summed E-state index contributed by atoms with van der Waals surface area (Å²) in [6.07, 6.45) is 1.01. The number of rotatable bonds is 3. The first-order valence-electron chi connectivity index (χ1n) is 4.77. The van der Waals surface area contributed by atoms with E-state index in [0.29, 0.717) is 11.4 Å². The van der Waals surface area contributed by atoms with Gasteiger partial charge in [0.25, 0.3) is 0 Å². The fourth-order valence-electron chi connectivity index (χ4n) is 1.16. The highest BCUT2D eigenvalue weighted by Gasteiger charge is 2.04. The summed E-state index contributed by atoms with van der Waals surface area (Å²) in [5.74, 6) is 0.606. The normalized spacial score (nSPS) is 9.75. The van der Waals surface area contributed by atoms with Crippen LogP contribution in [0, 0.1) is 6.07 Å². The molecule has 2 rings (SSSR count). The monoisotopic (exact) mass is 216 g/mol. The van der Waals surface area contributed by atoms with Crippen molar-refractivity contribution in [3.8, 4) is 0 Å². The van der Waals surface area contributed by atoms with Crippen molar-refractivity contribution < 1.29 is 13.9 Å². The molecular formula is C12H10NO3. The molecular weight excluding hydrogens is 206 g/mol. The lowest BCUT2D eigenvalue weighted by molar-refractivity contribution is 0.146. The van der Waals surface area contributed by atoms with E-state index in [0.717, 1.165) is 0 Å². The van der Waals surface area contributed by atoms with Crippen LogP contribution in [-0.4, -0.2) is 6.09 Å². The molecule has 1 aromatic carbocycles. The molecule has 0 aliphatic carbocycles. The van der Waals surface area contributed by atoms with Crippen molar-refractivity contribution in [2.45, 2.75) is 6.61 Å². The quantitative estimate of drug-likeness (QED) is 0.858. The average molecular weight is 216 g/mol. The minimum Gasteiger partial charge on any atom is -0.466 e. The van der Waals surface area contributed by atoms with Crippen LogP contribution in [0.4, 0.5) is 10.5 Å². The van der Waals surface area contributed by atoms with Crippen LogP contribution in [0.3, 0.4) is 0 Å². The number of furan rings is 1. The van der Waals surface area contributed by atoms with Crippen molar-refractivity contribution in [3.63, 3.8) is 0 Å². The Morgan fingerprint density at radius 2 is 2.38 bits per heavy atom. The van der Waals surface area contributed by atoms with Crippen LogP contribution in [0.5, 0.6) is 0 Å². The van der Waals surface area contributed by atoms with E-state index in [1.165, 1.54) is 6.26 Å². The summed E-state index contributed by atoms with van der Waals surface area (Å²) in [6, 6.07) is 13.3. The van der Waals surface area contributed by atoms with Gasteiger partial charge in [0.15, 0.2) is 6.61 Å². The zero-order valence-corrected chi connectivity index (χ0v) is 8.47. The van der Waals surface area contributed by atoms with Crippen molar-refractivity contribution in [1.82, 2.24) is 0 Å². The van der Waals surface area contributed by atoms with E-state index < -0.39 is 6.09 Å². The third kappa shape index (κ3) is 2.88. The number of carbonyl (C=O) groups is 1. The molecule has 0 fully saturated rings. The molecule has 1 aromatic heterocycles. The van der Waals surface area contributed by atoms with Crippen molar-refractivity contribution in [2.24, 2.45) is 0 Å². The third-order valence-corrected chi connectivity index (χ3v) is 1.88. The number of anilines is 1.